The highest BCUT2D eigenvalue weighted by Gasteiger charge is 2.36. The van der Waals surface area contributed by atoms with Gasteiger partial charge in [0, 0.05) is 37.3 Å². The number of aryl methyl sites for hydroxylation is 1. The molecule has 1 saturated heterocycles. The van der Waals surface area contributed by atoms with Crippen LogP contribution < -0.4 is 20.3 Å². The first-order chi connectivity index (χ1) is 21.4. The predicted molar refractivity (Wildman–Crippen MR) is 172 cm³/mol. The summed E-state index contributed by atoms with van der Waals surface area (Å²) in [5.41, 5.74) is 2.19. The Labute approximate surface area is 260 Å². The lowest BCUT2D eigenvalue weighted by molar-refractivity contribution is 0.0900. The van der Waals surface area contributed by atoms with Gasteiger partial charge in [-0.1, -0.05) is 26.2 Å². The molecule has 2 fully saturated rings. The highest BCUT2D eigenvalue weighted by atomic mass is 16.5. The molecule has 11 heteroatoms. The number of carbonyl (C=O) groups is 1. The first-order valence-corrected chi connectivity index (χ1v) is 16.4. The lowest BCUT2D eigenvalue weighted by Gasteiger charge is -2.39. The molecule has 44 heavy (non-hydrogen) atoms. The van der Waals surface area contributed by atoms with Crippen LogP contribution in [0.1, 0.15) is 100 Å². The van der Waals surface area contributed by atoms with E-state index in [0.29, 0.717) is 34.9 Å². The molecule has 1 saturated carbocycles. The number of anilines is 3. The zero-order chi connectivity index (χ0) is 30.8. The Morgan fingerprint density at radius 2 is 1.86 bits per heavy atom. The summed E-state index contributed by atoms with van der Waals surface area (Å²) in [4.78, 5) is 27.8. The van der Waals surface area contributed by atoms with Crippen LogP contribution in [0, 0.1) is 12.8 Å². The van der Waals surface area contributed by atoms with E-state index in [0.717, 1.165) is 62.1 Å². The summed E-state index contributed by atoms with van der Waals surface area (Å²) in [6, 6.07) is 6.30. The average Bonchev–Trinajstić information content (AvgIpc) is 3.43. The van der Waals surface area contributed by atoms with Gasteiger partial charge in [-0.25, -0.2) is 4.98 Å². The van der Waals surface area contributed by atoms with Crippen molar-refractivity contribution in [3.8, 4) is 11.4 Å². The third kappa shape index (κ3) is 6.11. The molecule has 3 aromatic rings. The molecule has 1 aliphatic carbocycles. The second-order valence-corrected chi connectivity index (χ2v) is 12.8. The third-order valence-corrected chi connectivity index (χ3v) is 9.66. The van der Waals surface area contributed by atoms with E-state index < -0.39 is 0 Å². The van der Waals surface area contributed by atoms with Crippen molar-refractivity contribution < 1.29 is 9.53 Å². The molecule has 0 bridgehead atoms. The summed E-state index contributed by atoms with van der Waals surface area (Å²) >= 11 is 0. The minimum absolute atomic E-state index is 0.0769. The molecule has 11 nitrogen and oxygen atoms in total. The SMILES string of the molecule is CCC1c2nnc(C)n2-c2cnc(Nc3ccc(C(=O)NC4CCN(C(C)C)CC4)cc3OC)nc2N1CC1CCCCC1. The van der Waals surface area contributed by atoms with Gasteiger partial charge in [0.1, 0.15) is 17.3 Å². The molecule has 236 valence electrons. The van der Waals surface area contributed by atoms with E-state index in [9.17, 15) is 4.79 Å². The maximum Gasteiger partial charge on any atom is 0.251 e. The summed E-state index contributed by atoms with van der Waals surface area (Å²) in [6.07, 6.45) is 11.1. The molecule has 1 unspecified atom stereocenters. The van der Waals surface area contributed by atoms with E-state index in [-0.39, 0.29) is 18.0 Å². The van der Waals surface area contributed by atoms with Crippen LogP contribution in [0.5, 0.6) is 5.75 Å². The van der Waals surface area contributed by atoms with Crippen molar-refractivity contribution >= 4 is 23.4 Å². The van der Waals surface area contributed by atoms with Crippen LogP contribution in [0.3, 0.4) is 0 Å². The summed E-state index contributed by atoms with van der Waals surface area (Å²) in [5.74, 6) is 4.29. The largest absolute Gasteiger partial charge is 0.495 e. The van der Waals surface area contributed by atoms with Crippen LogP contribution in [-0.2, 0) is 0 Å². The Morgan fingerprint density at radius 1 is 1.09 bits per heavy atom. The van der Waals surface area contributed by atoms with E-state index in [1.165, 1.54) is 32.1 Å². The number of methoxy groups -OCH3 is 1. The molecular formula is C33H47N9O2. The maximum atomic E-state index is 13.1. The van der Waals surface area contributed by atoms with Crippen molar-refractivity contribution in [2.75, 3.05) is 37.0 Å². The van der Waals surface area contributed by atoms with Crippen LogP contribution >= 0.6 is 0 Å². The number of ether oxygens (including phenoxy) is 1. The number of hydrogen-bond donors (Lipinski definition) is 2. The minimum atomic E-state index is -0.0769. The second-order valence-electron chi connectivity index (χ2n) is 12.8. The molecule has 2 aromatic heterocycles. The van der Waals surface area contributed by atoms with Gasteiger partial charge in [0.05, 0.1) is 25.0 Å². The second kappa shape index (κ2) is 13.1. The normalized spacial score (nSPS) is 19.5. The Morgan fingerprint density at radius 3 is 2.57 bits per heavy atom. The van der Waals surface area contributed by atoms with Crippen LogP contribution in [0.4, 0.5) is 17.5 Å². The lowest BCUT2D eigenvalue weighted by Crippen LogP contribution is -2.46. The summed E-state index contributed by atoms with van der Waals surface area (Å²) in [5, 5.41) is 15.6. The smallest absolute Gasteiger partial charge is 0.251 e. The number of likely N-dealkylation sites (tertiary alicyclic amines) is 1. The first kappa shape index (κ1) is 30.3. The van der Waals surface area contributed by atoms with E-state index >= 15 is 0 Å². The molecular weight excluding hydrogens is 554 g/mol. The Balaban J connectivity index is 1.23. The zero-order valence-corrected chi connectivity index (χ0v) is 26.8. The molecule has 2 aliphatic heterocycles. The number of nitrogens with one attached hydrogen (secondary N) is 2. The summed E-state index contributed by atoms with van der Waals surface area (Å²) in [6.45, 7) is 11.6. The Kier molecular flexibility index (Phi) is 9.02. The van der Waals surface area contributed by atoms with Crippen LogP contribution in [0.15, 0.2) is 24.4 Å². The molecule has 0 spiro atoms. The summed E-state index contributed by atoms with van der Waals surface area (Å²) < 4.78 is 7.83. The van der Waals surface area contributed by atoms with Gasteiger partial charge in [0.25, 0.3) is 5.91 Å². The molecule has 1 atom stereocenters. The third-order valence-electron chi connectivity index (χ3n) is 9.66. The fourth-order valence-corrected chi connectivity index (χ4v) is 7.12. The molecule has 0 radical (unpaired) electrons. The fraction of sp³-hybridized carbons (Fsp3) is 0.606. The first-order valence-electron chi connectivity index (χ1n) is 16.4. The topological polar surface area (TPSA) is 113 Å². The molecule has 3 aliphatic rings. The average molecular weight is 602 g/mol. The lowest BCUT2D eigenvalue weighted by atomic mass is 9.88. The minimum Gasteiger partial charge on any atom is -0.495 e. The van der Waals surface area contributed by atoms with Gasteiger partial charge in [-0.3, -0.25) is 9.36 Å². The van der Waals surface area contributed by atoms with Crippen molar-refractivity contribution in [1.29, 1.82) is 0 Å². The number of aromatic nitrogens is 5. The van der Waals surface area contributed by atoms with Gasteiger partial charge in [0.2, 0.25) is 5.95 Å². The number of hydrogen-bond acceptors (Lipinski definition) is 9. The van der Waals surface area contributed by atoms with Gasteiger partial charge in [-0.15, -0.1) is 10.2 Å². The van der Waals surface area contributed by atoms with Crippen molar-refractivity contribution in [3.05, 3.63) is 41.6 Å². The number of nitrogens with zero attached hydrogens (tertiary/aromatic N) is 7. The molecule has 1 amide bonds. The molecule has 6 rings (SSSR count). The quantitative estimate of drug-likeness (QED) is 0.325. The monoisotopic (exact) mass is 601 g/mol. The van der Waals surface area contributed by atoms with Gasteiger partial charge in [0.15, 0.2) is 11.6 Å². The van der Waals surface area contributed by atoms with Crippen LogP contribution in [0.2, 0.25) is 0 Å². The van der Waals surface area contributed by atoms with E-state index in [2.05, 4.69) is 56.0 Å². The van der Waals surface area contributed by atoms with Crippen LogP contribution in [-0.4, -0.2) is 74.4 Å². The molecule has 1 aromatic carbocycles. The molecule has 2 N–H and O–H groups in total. The van der Waals surface area contributed by atoms with E-state index in [4.69, 9.17) is 14.7 Å². The number of amides is 1. The summed E-state index contributed by atoms with van der Waals surface area (Å²) in [7, 11) is 1.62. The number of rotatable bonds is 9. The standard InChI is InChI=1S/C33H47N9O2/c1-6-27-31-39-38-22(4)42(31)28-19-34-33(37-30(28)41(27)20-23-10-8-7-9-11-23)36-26-13-12-24(18-29(26)44-5)32(43)35-25-14-16-40(17-15-25)21(2)3/h12-13,18-19,21,23,25,27H,6-11,14-17,20H2,1-5H3,(H,35,43)(H,34,36,37). The van der Waals surface area contributed by atoms with E-state index in [1.807, 2.05) is 25.3 Å². The van der Waals surface area contributed by atoms with Gasteiger partial charge < -0.3 is 25.2 Å². The van der Waals surface area contributed by atoms with Crippen molar-refractivity contribution in [3.63, 3.8) is 0 Å². The number of carbonyl (C=O) groups excluding carboxylic acids is 1. The van der Waals surface area contributed by atoms with Gasteiger partial charge in [-0.2, -0.15) is 4.98 Å². The highest BCUT2D eigenvalue weighted by molar-refractivity contribution is 5.95. The van der Waals surface area contributed by atoms with Crippen LogP contribution in [0.25, 0.3) is 5.69 Å². The molecule has 4 heterocycles. The van der Waals surface area contributed by atoms with Gasteiger partial charge in [-0.05, 0) is 77.0 Å². The maximum absolute atomic E-state index is 13.1. The van der Waals surface area contributed by atoms with Crippen molar-refractivity contribution in [2.24, 2.45) is 5.92 Å². The van der Waals surface area contributed by atoms with Gasteiger partial charge >= 0.3 is 0 Å². The number of benzene rings is 1. The van der Waals surface area contributed by atoms with Crippen molar-refractivity contribution in [2.45, 2.75) is 97.2 Å². The number of piperidine rings is 1. The zero-order valence-electron chi connectivity index (χ0n) is 26.8. The predicted octanol–water partition coefficient (Wildman–Crippen LogP) is 5.57. The highest BCUT2D eigenvalue weighted by Crippen LogP contribution is 2.41. The Hall–Kier alpha value is -3.73. The van der Waals surface area contributed by atoms with E-state index in [1.54, 1.807) is 13.2 Å². The Bertz CT molecular complexity index is 1460. The number of fused-ring (bicyclic) bond motifs is 3. The fourth-order valence-electron chi connectivity index (χ4n) is 7.12. The van der Waals surface area contributed by atoms with Crippen molar-refractivity contribution in [1.82, 2.24) is 34.9 Å².